The average Bonchev–Trinajstić information content (AvgIpc) is 3.36. The predicted molar refractivity (Wildman–Crippen MR) is 125 cm³/mol. The van der Waals surface area contributed by atoms with Crippen LogP contribution in [0.15, 0.2) is 48.7 Å². The van der Waals surface area contributed by atoms with Crippen molar-refractivity contribution in [3.8, 4) is 5.75 Å². The number of nitrogens with zero attached hydrogens (tertiary/aromatic N) is 3. The number of ether oxygens (including phenoxy) is 2. The summed E-state index contributed by atoms with van der Waals surface area (Å²) in [5, 5.41) is 3.36. The van der Waals surface area contributed by atoms with E-state index in [9.17, 15) is 9.59 Å². The summed E-state index contributed by atoms with van der Waals surface area (Å²) in [6, 6.07) is 13.7. The number of anilines is 1. The molecule has 1 fully saturated rings. The quantitative estimate of drug-likeness (QED) is 0.513. The van der Waals surface area contributed by atoms with E-state index >= 15 is 0 Å². The van der Waals surface area contributed by atoms with E-state index in [0.29, 0.717) is 42.0 Å². The van der Waals surface area contributed by atoms with Gasteiger partial charge in [0.2, 0.25) is 5.91 Å². The molecule has 2 amide bonds. The Balaban J connectivity index is 1.49. The summed E-state index contributed by atoms with van der Waals surface area (Å²) in [4.78, 5) is 35.8. The van der Waals surface area contributed by atoms with Crippen molar-refractivity contribution in [3.05, 3.63) is 70.5 Å². The molecule has 1 aliphatic rings. The lowest BCUT2D eigenvalue weighted by atomic mass is 10.1. The molecule has 0 spiro atoms. The molecule has 0 aliphatic carbocycles. The van der Waals surface area contributed by atoms with E-state index in [1.54, 1.807) is 17.2 Å². The number of pyridine rings is 1. The Morgan fingerprint density at radius 1 is 1.27 bits per heavy atom. The predicted octanol–water partition coefficient (Wildman–Crippen LogP) is 3.99. The minimum Gasteiger partial charge on any atom is -0.490 e. The molecule has 0 bridgehead atoms. The number of thiazole rings is 1. The van der Waals surface area contributed by atoms with Gasteiger partial charge in [-0.3, -0.25) is 14.7 Å². The highest BCUT2D eigenvalue weighted by Crippen LogP contribution is 2.21. The number of benzene rings is 1. The zero-order valence-corrected chi connectivity index (χ0v) is 19.4. The largest absolute Gasteiger partial charge is 0.490 e. The second-order valence-corrected chi connectivity index (χ2v) is 9.18. The summed E-state index contributed by atoms with van der Waals surface area (Å²) in [6.07, 6.45) is 2.09. The van der Waals surface area contributed by atoms with E-state index in [-0.39, 0.29) is 24.5 Å². The Labute approximate surface area is 196 Å². The van der Waals surface area contributed by atoms with E-state index in [4.69, 9.17) is 9.47 Å². The Hall–Kier alpha value is -3.46. The van der Waals surface area contributed by atoms with Gasteiger partial charge in [0.15, 0.2) is 5.13 Å². The lowest BCUT2D eigenvalue weighted by molar-refractivity contribution is -0.115. The van der Waals surface area contributed by atoms with Gasteiger partial charge in [0.25, 0.3) is 0 Å². The van der Waals surface area contributed by atoms with Gasteiger partial charge < -0.3 is 14.8 Å². The van der Waals surface area contributed by atoms with Crippen molar-refractivity contribution in [3.63, 3.8) is 0 Å². The SMILES string of the molecule is Cc1cnc(NC(=O)Cc2cc(O[C@@H](C)Cc3ccccc3)cc(CN3CCOC3=O)n2)s1. The monoisotopic (exact) mass is 466 g/mol. The van der Waals surface area contributed by atoms with Crippen LogP contribution in [0.5, 0.6) is 5.75 Å². The third kappa shape index (κ3) is 6.52. The molecule has 1 aromatic carbocycles. The number of carbonyl (C=O) groups excluding carboxylic acids is 2. The van der Waals surface area contributed by atoms with Crippen LogP contribution < -0.4 is 10.1 Å². The molecule has 1 aliphatic heterocycles. The van der Waals surface area contributed by atoms with Crippen molar-refractivity contribution in [2.45, 2.75) is 39.3 Å². The van der Waals surface area contributed by atoms with E-state index in [2.05, 4.69) is 27.4 Å². The standard InChI is InChI=1S/C24H26N4O4S/c1-16(10-18-6-4-3-5-7-18)32-21-11-19(13-22(29)27-23-25-14-17(2)33-23)26-20(12-21)15-28-8-9-31-24(28)30/h3-7,11-12,14,16H,8-10,13,15H2,1-2H3,(H,25,27,29)/t16-/m0/s1. The van der Waals surface area contributed by atoms with Crippen molar-refractivity contribution in [2.24, 2.45) is 0 Å². The van der Waals surface area contributed by atoms with Crippen LogP contribution >= 0.6 is 11.3 Å². The number of cyclic esters (lactones) is 1. The summed E-state index contributed by atoms with van der Waals surface area (Å²) < 4.78 is 11.2. The van der Waals surface area contributed by atoms with Crippen molar-refractivity contribution in [1.29, 1.82) is 0 Å². The van der Waals surface area contributed by atoms with Gasteiger partial charge in [0, 0.05) is 29.6 Å². The minimum absolute atomic E-state index is 0.0698. The maximum Gasteiger partial charge on any atom is 0.410 e. The first-order valence-corrected chi connectivity index (χ1v) is 11.6. The van der Waals surface area contributed by atoms with E-state index < -0.39 is 0 Å². The van der Waals surface area contributed by atoms with Crippen LogP contribution in [0.2, 0.25) is 0 Å². The topological polar surface area (TPSA) is 93.6 Å². The molecule has 1 N–H and O–H groups in total. The van der Waals surface area contributed by atoms with E-state index in [1.165, 1.54) is 16.9 Å². The maximum atomic E-state index is 12.6. The van der Waals surface area contributed by atoms with Gasteiger partial charge in [0.1, 0.15) is 12.4 Å². The van der Waals surface area contributed by atoms with Crippen LogP contribution in [0.3, 0.4) is 0 Å². The second kappa shape index (κ2) is 10.4. The zero-order valence-electron chi connectivity index (χ0n) is 18.6. The van der Waals surface area contributed by atoms with Crippen molar-refractivity contribution in [1.82, 2.24) is 14.9 Å². The van der Waals surface area contributed by atoms with Gasteiger partial charge in [-0.25, -0.2) is 9.78 Å². The number of hydrogen-bond donors (Lipinski definition) is 1. The molecule has 0 radical (unpaired) electrons. The summed E-state index contributed by atoms with van der Waals surface area (Å²) >= 11 is 1.42. The van der Waals surface area contributed by atoms with Crippen molar-refractivity contribution in [2.75, 3.05) is 18.5 Å². The number of hydrogen-bond acceptors (Lipinski definition) is 7. The first-order chi connectivity index (χ1) is 15.9. The van der Waals surface area contributed by atoms with Crippen molar-refractivity contribution >= 4 is 28.5 Å². The van der Waals surface area contributed by atoms with Gasteiger partial charge in [-0.15, -0.1) is 11.3 Å². The minimum atomic E-state index is -0.362. The Kier molecular flexibility index (Phi) is 7.19. The number of amides is 2. The second-order valence-electron chi connectivity index (χ2n) is 7.94. The molecule has 1 atom stereocenters. The Morgan fingerprint density at radius 2 is 2.06 bits per heavy atom. The van der Waals surface area contributed by atoms with Crippen LogP contribution in [-0.4, -0.2) is 46.1 Å². The highest BCUT2D eigenvalue weighted by Gasteiger charge is 2.23. The first kappa shape index (κ1) is 22.7. The Morgan fingerprint density at radius 3 is 2.76 bits per heavy atom. The third-order valence-corrected chi connectivity index (χ3v) is 5.84. The number of aromatic nitrogens is 2. The van der Waals surface area contributed by atoms with E-state index in [1.807, 2.05) is 38.1 Å². The molecule has 9 heteroatoms. The summed E-state index contributed by atoms with van der Waals surface area (Å²) in [5.41, 5.74) is 2.39. The molecule has 8 nitrogen and oxygen atoms in total. The van der Waals surface area contributed by atoms with Crippen LogP contribution in [0.25, 0.3) is 0 Å². The van der Waals surface area contributed by atoms with E-state index in [0.717, 1.165) is 11.3 Å². The van der Waals surface area contributed by atoms with Crippen LogP contribution in [0.4, 0.5) is 9.93 Å². The number of aryl methyl sites for hydroxylation is 1. The summed E-state index contributed by atoms with van der Waals surface area (Å²) in [7, 11) is 0. The average molecular weight is 467 g/mol. The molecular weight excluding hydrogens is 440 g/mol. The molecule has 3 aromatic rings. The normalized spacial score (nSPS) is 14.1. The van der Waals surface area contributed by atoms with Gasteiger partial charge in [-0.2, -0.15) is 0 Å². The van der Waals surface area contributed by atoms with Gasteiger partial charge in [0.05, 0.1) is 37.0 Å². The van der Waals surface area contributed by atoms with Crippen molar-refractivity contribution < 1.29 is 19.1 Å². The number of rotatable bonds is 9. The molecule has 4 rings (SSSR count). The third-order valence-electron chi connectivity index (χ3n) is 5.02. The molecule has 1 saturated heterocycles. The van der Waals surface area contributed by atoms with Gasteiger partial charge >= 0.3 is 6.09 Å². The lowest BCUT2D eigenvalue weighted by Crippen LogP contribution is -2.25. The fourth-order valence-electron chi connectivity index (χ4n) is 3.58. The highest BCUT2D eigenvalue weighted by atomic mass is 32.1. The molecular formula is C24H26N4O4S. The highest BCUT2D eigenvalue weighted by molar-refractivity contribution is 7.15. The summed E-state index contributed by atoms with van der Waals surface area (Å²) in [6.45, 7) is 5.11. The maximum absolute atomic E-state index is 12.6. The molecule has 172 valence electrons. The summed E-state index contributed by atoms with van der Waals surface area (Å²) in [5.74, 6) is 0.404. The zero-order chi connectivity index (χ0) is 23.2. The number of carbonyl (C=O) groups is 2. The van der Waals surface area contributed by atoms with Crippen LogP contribution in [0.1, 0.15) is 28.8 Å². The molecule has 3 heterocycles. The molecule has 2 aromatic heterocycles. The van der Waals surface area contributed by atoms with Crippen LogP contribution in [-0.2, 0) is 28.9 Å². The first-order valence-electron chi connectivity index (χ1n) is 10.8. The number of nitrogens with one attached hydrogen (secondary N) is 1. The lowest BCUT2D eigenvalue weighted by Gasteiger charge is -2.18. The fraction of sp³-hybridized carbons (Fsp3) is 0.333. The molecule has 0 saturated carbocycles. The van der Waals surface area contributed by atoms with Gasteiger partial charge in [-0.1, -0.05) is 30.3 Å². The van der Waals surface area contributed by atoms with Gasteiger partial charge in [-0.05, 0) is 19.4 Å². The Bertz CT molecular complexity index is 1120. The smallest absolute Gasteiger partial charge is 0.410 e. The molecule has 33 heavy (non-hydrogen) atoms. The van der Waals surface area contributed by atoms with Crippen LogP contribution in [0, 0.1) is 6.92 Å². The molecule has 0 unspecified atom stereocenters. The fourth-order valence-corrected chi connectivity index (χ4v) is 4.26.